The van der Waals surface area contributed by atoms with E-state index in [0.29, 0.717) is 0 Å². The average molecular weight is 268 g/mol. The Morgan fingerprint density at radius 1 is 0.895 bits per heavy atom. The SMILES string of the molecule is Cc1cccc(C(=O)c2ccc([Si](C)(C)C)cc2)c1. The van der Waals surface area contributed by atoms with Crippen LogP contribution in [0.2, 0.25) is 19.6 Å². The van der Waals surface area contributed by atoms with Crippen molar-refractivity contribution in [1.82, 2.24) is 0 Å². The highest BCUT2D eigenvalue weighted by atomic mass is 28.3. The van der Waals surface area contributed by atoms with Crippen molar-refractivity contribution in [1.29, 1.82) is 0 Å². The number of aryl methyl sites for hydroxylation is 1. The molecule has 1 nitrogen and oxygen atoms in total. The average Bonchev–Trinajstić information content (AvgIpc) is 2.37. The molecule has 0 heterocycles. The molecule has 2 heteroatoms. The van der Waals surface area contributed by atoms with E-state index in [1.807, 2.05) is 43.3 Å². The Morgan fingerprint density at radius 2 is 1.53 bits per heavy atom. The highest BCUT2D eigenvalue weighted by Crippen LogP contribution is 2.12. The molecule has 0 bridgehead atoms. The first-order chi connectivity index (χ1) is 8.88. The van der Waals surface area contributed by atoms with Gasteiger partial charge < -0.3 is 0 Å². The molecule has 0 aliphatic heterocycles. The summed E-state index contributed by atoms with van der Waals surface area (Å²) < 4.78 is 0. The van der Waals surface area contributed by atoms with Crippen LogP contribution in [0.15, 0.2) is 48.5 Å². The van der Waals surface area contributed by atoms with Gasteiger partial charge in [-0.05, 0) is 13.0 Å². The second kappa shape index (κ2) is 5.14. The Kier molecular flexibility index (Phi) is 3.72. The Hall–Kier alpha value is -1.67. The van der Waals surface area contributed by atoms with E-state index in [1.165, 1.54) is 5.19 Å². The molecule has 0 saturated heterocycles. The van der Waals surface area contributed by atoms with Crippen LogP contribution in [0.3, 0.4) is 0 Å². The smallest absolute Gasteiger partial charge is 0.193 e. The number of carbonyl (C=O) groups excluding carboxylic acids is 1. The van der Waals surface area contributed by atoms with Crippen LogP contribution in [0, 0.1) is 6.92 Å². The summed E-state index contributed by atoms with van der Waals surface area (Å²) in [5.41, 5.74) is 2.65. The Balaban J connectivity index is 2.30. The van der Waals surface area contributed by atoms with Crippen LogP contribution in [0.1, 0.15) is 21.5 Å². The second-order valence-electron chi connectivity index (χ2n) is 6.03. The maximum Gasteiger partial charge on any atom is 0.193 e. The molecule has 0 aromatic heterocycles. The molecule has 0 aliphatic rings. The Labute approximate surface area is 116 Å². The fraction of sp³-hybridized carbons (Fsp3) is 0.235. The minimum Gasteiger partial charge on any atom is -0.289 e. The molecule has 0 N–H and O–H groups in total. The number of hydrogen-bond donors (Lipinski definition) is 0. The summed E-state index contributed by atoms with van der Waals surface area (Å²) in [5.74, 6) is 0.103. The fourth-order valence-corrected chi connectivity index (χ4v) is 3.24. The van der Waals surface area contributed by atoms with Gasteiger partial charge in [0, 0.05) is 11.1 Å². The lowest BCUT2D eigenvalue weighted by Crippen LogP contribution is -2.37. The summed E-state index contributed by atoms with van der Waals surface area (Å²) in [6.45, 7) is 8.93. The molecule has 0 radical (unpaired) electrons. The first-order valence-corrected chi connectivity index (χ1v) is 10.1. The van der Waals surface area contributed by atoms with Crippen LogP contribution in [0.5, 0.6) is 0 Å². The minimum absolute atomic E-state index is 0.103. The molecular formula is C17H20OSi. The largest absolute Gasteiger partial charge is 0.289 e. The van der Waals surface area contributed by atoms with Crippen molar-refractivity contribution in [2.75, 3.05) is 0 Å². The van der Waals surface area contributed by atoms with Gasteiger partial charge in [-0.3, -0.25) is 4.79 Å². The van der Waals surface area contributed by atoms with Gasteiger partial charge in [-0.25, -0.2) is 0 Å². The topological polar surface area (TPSA) is 17.1 Å². The van der Waals surface area contributed by atoms with Gasteiger partial charge in [-0.1, -0.05) is 72.9 Å². The van der Waals surface area contributed by atoms with Crippen molar-refractivity contribution in [2.24, 2.45) is 0 Å². The minimum atomic E-state index is -1.29. The van der Waals surface area contributed by atoms with Crippen molar-refractivity contribution in [3.63, 3.8) is 0 Å². The summed E-state index contributed by atoms with van der Waals surface area (Å²) in [7, 11) is -1.29. The highest BCUT2D eigenvalue weighted by molar-refractivity contribution is 6.88. The molecule has 2 aromatic rings. The predicted octanol–water partition coefficient (Wildman–Crippen LogP) is 3.77. The first kappa shape index (κ1) is 13.8. The fourth-order valence-electron chi connectivity index (χ4n) is 2.07. The molecular weight excluding hydrogens is 248 g/mol. The van der Waals surface area contributed by atoms with Gasteiger partial charge in [0.15, 0.2) is 5.78 Å². The number of hydrogen-bond acceptors (Lipinski definition) is 1. The van der Waals surface area contributed by atoms with E-state index in [9.17, 15) is 4.79 Å². The molecule has 19 heavy (non-hydrogen) atoms. The molecule has 2 rings (SSSR count). The maximum atomic E-state index is 12.4. The Morgan fingerprint density at radius 3 is 2.05 bits per heavy atom. The van der Waals surface area contributed by atoms with Gasteiger partial charge >= 0.3 is 0 Å². The zero-order valence-corrected chi connectivity index (χ0v) is 13.0. The maximum absolute atomic E-state index is 12.4. The van der Waals surface area contributed by atoms with Crippen molar-refractivity contribution >= 4 is 19.0 Å². The predicted molar refractivity (Wildman–Crippen MR) is 84.0 cm³/mol. The molecule has 0 aliphatic carbocycles. The summed E-state index contributed by atoms with van der Waals surface area (Å²) in [6.07, 6.45) is 0. The normalized spacial score (nSPS) is 11.4. The van der Waals surface area contributed by atoms with Crippen LogP contribution >= 0.6 is 0 Å². The van der Waals surface area contributed by atoms with Crippen LogP contribution in [-0.2, 0) is 0 Å². The number of rotatable bonds is 3. The summed E-state index contributed by atoms with van der Waals surface area (Å²) in [4.78, 5) is 12.4. The highest BCUT2D eigenvalue weighted by Gasteiger charge is 2.17. The van der Waals surface area contributed by atoms with E-state index in [1.54, 1.807) is 0 Å². The zero-order chi connectivity index (χ0) is 14.0. The monoisotopic (exact) mass is 268 g/mol. The molecule has 0 unspecified atom stereocenters. The van der Waals surface area contributed by atoms with Gasteiger partial charge in [0.25, 0.3) is 0 Å². The zero-order valence-electron chi connectivity index (χ0n) is 12.0. The molecule has 98 valence electrons. The third-order valence-electron chi connectivity index (χ3n) is 3.29. The van der Waals surface area contributed by atoms with Gasteiger partial charge in [0.1, 0.15) is 0 Å². The lowest BCUT2D eigenvalue weighted by Gasteiger charge is -2.16. The molecule has 0 amide bonds. The summed E-state index contributed by atoms with van der Waals surface area (Å²) in [6, 6.07) is 15.9. The van der Waals surface area contributed by atoms with Crippen LogP contribution < -0.4 is 5.19 Å². The number of ketones is 1. The lowest BCUT2D eigenvalue weighted by molar-refractivity contribution is 0.103. The quantitative estimate of drug-likeness (QED) is 0.612. The third kappa shape index (κ3) is 3.21. The number of carbonyl (C=O) groups is 1. The lowest BCUT2D eigenvalue weighted by atomic mass is 10.0. The molecule has 0 saturated carbocycles. The second-order valence-corrected chi connectivity index (χ2v) is 11.1. The number of benzene rings is 2. The standard InChI is InChI=1S/C17H20OSi/c1-13-6-5-7-15(12-13)17(18)14-8-10-16(11-9-14)19(2,3)4/h5-12H,1-4H3. The van der Waals surface area contributed by atoms with Crippen molar-refractivity contribution in [2.45, 2.75) is 26.6 Å². The van der Waals surface area contributed by atoms with Crippen molar-refractivity contribution in [3.8, 4) is 0 Å². The first-order valence-electron chi connectivity index (χ1n) is 6.60. The third-order valence-corrected chi connectivity index (χ3v) is 5.36. The van der Waals surface area contributed by atoms with Gasteiger partial charge in [0.05, 0.1) is 8.07 Å². The van der Waals surface area contributed by atoms with E-state index < -0.39 is 8.07 Å². The molecule has 0 fully saturated rings. The van der Waals surface area contributed by atoms with Gasteiger partial charge in [-0.15, -0.1) is 0 Å². The van der Waals surface area contributed by atoms with E-state index in [0.717, 1.165) is 16.7 Å². The van der Waals surface area contributed by atoms with Crippen LogP contribution in [-0.4, -0.2) is 13.9 Å². The van der Waals surface area contributed by atoms with Gasteiger partial charge in [-0.2, -0.15) is 0 Å². The van der Waals surface area contributed by atoms with E-state index in [-0.39, 0.29) is 5.78 Å². The van der Waals surface area contributed by atoms with Crippen molar-refractivity contribution < 1.29 is 4.79 Å². The van der Waals surface area contributed by atoms with Crippen molar-refractivity contribution in [3.05, 3.63) is 65.2 Å². The van der Waals surface area contributed by atoms with Crippen LogP contribution in [0.4, 0.5) is 0 Å². The molecule has 0 atom stereocenters. The Bertz CT molecular complexity index is 591. The summed E-state index contributed by atoms with van der Waals surface area (Å²) in [5, 5.41) is 1.38. The van der Waals surface area contributed by atoms with E-state index >= 15 is 0 Å². The van der Waals surface area contributed by atoms with E-state index in [4.69, 9.17) is 0 Å². The van der Waals surface area contributed by atoms with Crippen LogP contribution in [0.25, 0.3) is 0 Å². The summed E-state index contributed by atoms with van der Waals surface area (Å²) >= 11 is 0. The van der Waals surface area contributed by atoms with Gasteiger partial charge in [0.2, 0.25) is 0 Å². The van der Waals surface area contributed by atoms with E-state index in [2.05, 4.69) is 31.8 Å². The molecule has 2 aromatic carbocycles. The molecule has 0 spiro atoms.